The quantitative estimate of drug-likeness (QED) is 0.777. The Morgan fingerprint density at radius 2 is 2.17 bits per heavy atom. The maximum Gasteiger partial charge on any atom is 0.309 e. The molecule has 0 aliphatic rings. The number of hydrogen-bond acceptors (Lipinski definition) is 3. The van der Waals surface area contributed by atoms with E-state index in [1.165, 1.54) is 0 Å². The maximum atomic E-state index is 11.5. The highest BCUT2D eigenvalue weighted by Gasteiger charge is 2.26. The van der Waals surface area contributed by atoms with E-state index in [1.807, 2.05) is 6.07 Å². The van der Waals surface area contributed by atoms with Crippen molar-refractivity contribution in [3.8, 4) is 0 Å². The minimum atomic E-state index is -0.854. The van der Waals surface area contributed by atoms with Crippen molar-refractivity contribution in [3.05, 3.63) is 24.2 Å². The molecule has 0 atom stereocenters. The molecule has 100 valence electrons. The molecule has 0 aliphatic carbocycles. The number of carbonyl (C=O) groups excluding carboxylic acids is 1. The number of aryl methyl sites for hydroxylation is 1. The largest absolute Gasteiger partial charge is 0.481 e. The lowest BCUT2D eigenvalue weighted by Gasteiger charge is -2.18. The number of carboxylic acid groups (broad SMARTS) is 1. The first-order valence-corrected chi connectivity index (χ1v) is 5.94. The van der Waals surface area contributed by atoms with Crippen LogP contribution in [-0.4, -0.2) is 23.5 Å². The Balaban J connectivity index is 2.20. The van der Waals surface area contributed by atoms with Crippen molar-refractivity contribution in [2.45, 2.75) is 33.1 Å². The summed E-state index contributed by atoms with van der Waals surface area (Å²) >= 11 is 0. The summed E-state index contributed by atoms with van der Waals surface area (Å²) in [5.41, 5.74) is -0.811. The number of carbonyl (C=O) groups is 2. The molecule has 1 aromatic heterocycles. The molecule has 0 aliphatic heterocycles. The molecule has 1 rings (SSSR count). The monoisotopic (exact) mass is 253 g/mol. The van der Waals surface area contributed by atoms with Crippen molar-refractivity contribution in [3.63, 3.8) is 0 Å². The van der Waals surface area contributed by atoms with Gasteiger partial charge in [-0.1, -0.05) is 0 Å². The molecule has 1 aromatic rings. The third-order valence-corrected chi connectivity index (χ3v) is 2.83. The second-order valence-electron chi connectivity index (χ2n) is 4.87. The van der Waals surface area contributed by atoms with E-state index in [1.54, 1.807) is 26.2 Å². The van der Waals surface area contributed by atoms with Gasteiger partial charge < -0.3 is 14.8 Å². The predicted octanol–water partition coefficient (Wildman–Crippen LogP) is 1.83. The van der Waals surface area contributed by atoms with Gasteiger partial charge >= 0.3 is 5.97 Å². The maximum absolute atomic E-state index is 11.5. The Morgan fingerprint density at radius 1 is 1.44 bits per heavy atom. The molecule has 0 bridgehead atoms. The molecule has 2 N–H and O–H groups in total. The minimum Gasteiger partial charge on any atom is -0.481 e. The Hall–Kier alpha value is -1.78. The van der Waals surface area contributed by atoms with E-state index in [4.69, 9.17) is 9.52 Å². The zero-order chi connectivity index (χ0) is 13.6. The fourth-order valence-electron chi connectivity index (χ4n) is 1.40. The van der Waals surface area contributed by atoms with Gasteiger partial charge in [0.2, 0.25) is 5.91 Å². The molecule has 1 amide bonds. The van der Waals surface area contributed by atoms with E-state index >= 15 is 0 Å². The van der Waals surface area contributed by atoms with Crippen molar-refractivity contribution in [1.82, 2.24) is 5.32 Å². The third-order valence-electron chi connectivity index (χ3n) is 2.83. The zero-order valence-electron chi connectivity index (χ0n) is 10.7. The van der Waals surface area contributed by atoms with Gasteiger partial charge in [0.05, 0.1) is 11.7 Å². The molecule has 0 aromatic carbocycles. The van der Waals surface area contributed by atoms with E-state index in [-0.39, 0.29) is 5.91 Å². The smallest absolute Gasteiger partial charge is 0.309 e. The lowest BCUT2D eigenvalue weighted by Crippen LogP contribution is -2.32. The van der Waals surface area contributed by atoms with Crippen molar-refractivity contribution in [1.29, 1.82) is 0 Å². The van der Waals surface area contributed by atoms with Crippen molar-refractivity contribution in [2.24, 2.45) is 5.41 Å². The van der Waals surface area contributed by atoms with E-state index in [9.17, 15) is 9.59 Å². The number of carboxylic acids is 1. The summed E-state index contributed by atoms with van der Waals surface area (Å²) < 4.78 is 5.12. The molecule has 5 heteroatoms. The van der Waals surface area contributed by atoms with Crippen LogP contribution in [0.15, 0.2) is 22.8 Å². The minimum absolute atomic E-state index is 0.0902. The zero-order valence-corrected chi connectivity index (χ0v) is 10.7. The standard InChI is InChI=1S/C13H19NO4/c1-13(2,12(16)17)7-8-14-11(15)6-5-10-4-3-9-18-10/h3-4,9H,5-8H2,1-2H3,(H,14,15)(H,16,17). The van der Waals surface area contributed by atoms with Crippen LogP contribution in [0.5, 0.6) is 0 Å². The molecule has 0 saturated heterocycles. The summed E-state index contributed by atoms with van der Waals surface area (Å²) in [5.74, 6) is -0.170. The first-order chi connectivity index (χ1) is 8.42. The van der Waals surface area contributed by atoms with Gasteiger partial charge in [0, 0.05) is 19.4 Å². The molecular formula is C13H19NO4. The topological polar surface area (TPSA) is 79.5 Å². The number of nitrogens with one attached hydrogen (secondary N) is 1. The Morgan fingerprint density at radius 3 is 2.72 bits per heavy atom. The lowest BCUT2D eigenvalue weighted by molar-refractivity contribution is -0.147. The molecular weight excluding hydrogens is 234 g/mol. The number of rotatable bonds is 7. The highest BCUT2D eigenvalue weighted by atomic mass is 16.4. The highest BCUT2D eigenvalue weighted by Crippen LogP contribution is 2.19. The van der Waals surface area contributed by atoms with Gasteiger partial charge in [-0.15, -0.1) is 0 Å². The second kappa shape index (κ2) is 6.23. The molecule has 18 heavy (non-hydrogen) atoms. The van der Waals surface area contributed by atoms with Gasteiger partial charge in [-0.05, 0) is 32.4 Å². The first kappa shape index (κ1) is 14.3. The number of amides is 1. The predicted molar refractivity (Wildman–Crippen MR) is 66.1 cm³/mol. The van der Waals surface area contributed by atoms with Gasteiger partial charge in [-0.25, -0.2) is 0 Å². The molecule has 5 nitrogen and oxygen atoms in total. The van der Waals surface area contributed by atoms with Crippen LogP contribution in [0.4, 0.5) is 0 Å². The average Bonchev–Trinajstić information content (AvgIpc) is 2.78. The molecule has 0 saturated carbocycles. The molecule has 0 fully saturated rings. The summed E-state index contributed by atoms with van der Waals surface area (Å²) in [6, 6.07) is 3.60. The van der Waals surface area contributed by atoms with Crippen LogP contribution in [-0.2, 0) is 16.0 Å². The number of hydrogen-bond donors (Lipinski definition) is 2. The van der Waals surface area contributed by atoms with E-state index in [0.717, 1.165) is 5.76 Å². The van der Waals surface area contributed by atoms with Crippen molar-refractivity contribution < 1.29 is 19.1 Å². The van der Waals surface area contributed by atoms with Gasteiger partial charge in [0.1, 0.15) is 5.76 Å². The Bertz CT molecular complexity index is 395. The number of aliphatic carboxylic acids is 1. The fourth-order valence-corrected chi connectivity index (χ4v) is 1.40. The van der Waals surface area contributed by atoms with Crippen LogP contribution in [0.1, 0.15) is 32.4 Å². The van der Waals surface area contributed by atoms with Crippen LogP contribution < -0.4 is 5.32 Å². The van der Waals surface area contributed by atoms with E-state index in [2.05, 4.69) is 5.32 Å². The van der Waals surface area contributed by atoms with Crippen LogP contribution in [0.25, 0.3) is 0 Å². The second-order valence-corrected chi connectivity index (χ2v) is 4.87. The Labute approximate surface area is 106 Å². The van der Waals surface area contributed by atoms with Crippen LogP contribution in [0, 0.1) is 5.41 Å². The Kier molecular flexibility index (Phi) is 4.95. The van der Waals surface area contributed by atoms with Crippen molar-refractivity contribution >= 4 is 11.9 Å². The molecule has 1 heterocycles. The summed E-state index contributed by atoms with van der Waals surface area (Å²) in [7, 11) is 0. The van der Waals surface area contributed by atoms with Gasteiger partial charge in [0.15, 0.2) is 0 Å². The van der Waals surface area contributed by atoms with Gasteiger partial charge in [-0.2, -0.15) is 0 Å². The summed E-state index contributed by atoms with van der Waals surface area (Å²) in [6.07, 6.45) is 2.89. The van der Waals surface area contributed by atoms with E-state index < -0.39 is 11.4 Å². The van der Waals surface area contributed by atoms with Crippen LogP contribution in [0.2, 0.25) is 0 Å². The fraction of sp³-hybridized carbons (Fsp3) is 0.538. The van der Waals surface area contributed by atoms with Crippen LogP contribution >= 0.6 is 0 Å². The first-order valence-electron chi connectivity index (χ1n) is 5.94. The lowest BCUT2D eigenvalue weighted by atomic mass is 9.90. The van der Waals surface area contributed by atoms with Gasteiger partial charge in [-0.3, -0.25) is 9.59 Å². The van der Waals surface area contributed by atoms with Crippen molar-refractivity contribution in [2.75, 3.05) is 6.54 Å². The third kappa shape index (κ3) is 4.61. The summed E-state index contributed by atoms with van der Waals surface area (Å²) in [6.45, 7) is 3.66. The van der Waals surface area contributed by atoms with Gasteiger partial charge in [0.25, 0.3) is 0 Å². The average molecular weight is 253 g/mol. The SMILES string of the molecule is CC(C)(CCNC(=O)CCc1ccco1)C(=O)O. The normalized spacial score (nSPS) is 11.2. The van der Waals surface area contributed by atoms with E-state index in [0.29, 0.717) is 25.8 Å². The molecule has 0 radical (unpaired) electrons. The number of furan rings is 1. The molecule has 0 spiro atoms. The van der Waals surface area contributed by atoms with Crippen LogP contribution in [0.3, 0.4) is 0 Å². The molecule has 0 unspecified atom stereocenters. The summed E-state index contributed by atoms with van der Waals surface area (Å²) in [5, 5.41) is 11.6. The summed E-state index contributed by atoms with van der Waals surface area (Å²) in [4.78, 5) is 22.3. The highest BCUT2D eigenvalue weighted by molar-refractivity contribution is 5.76.